The maximum absolute atomic E-state index is 5.46. The van der Waals surface area contributed by atoms with Crippen molar-refractivity contribution in [3.63, 3.8) is 0 Å². The minimum absolute atomic E-state index is 0.788. The Balaban J connectivity index is 1.97. The number of hydrogen-bond donors (Lipinski definition) is 1. The first kappa shape index (κ1) is 15.6. The molecule has 4 heteroatoms. The van der Waals surface area contributed by atoms with Gasteiger partial charge in [-0.3, -0.25) is 0 Å². The molecule has 112 valence electrons. The van der Waals surface area contributed by atoms with Crippen LogP contribution in [0.15, 0.2) is 16.6 Å². The number of methoxy groups -OCH3 is 2. The second-order valence-corrected chi connectivity index (χ2v) is 6.34. The van der Waals surface area contributed by atoms with Gasteiger partial charge in [0, 0.05) is 16.6 Å². The Hall–Kier alpha value is -0.740. The van der Waals surface area contributed by atoms with Gasteiger partial charge in [-0.05, 0) is 37.4 Å². The van der Waals surface area contributed by atoms with E-state index >= 15 is 0 Å². The van der Waals surface area contributed by atoms with Crippen molar-refractivity contribution < 1.29 is 9.47 Å². The molecule has 0 spiro atoms. The zero-order chi connectivity index (χ0) is 14.4. The topological polar surface area (TPSA) is 30.5 Å². The summed E-state index contributed by atoms with van der Waals surface area (Å²) >= 11 is 3.48. The predicted octanol–water partition coefficient (Wildman–Crippen LogP) is 4.14. The Morgan fingerprint density at radius 1 is 1.10 bits per heavy atom. The van der Waals surface area contributed by atoms with Crippen LogP contribution >= 0.6 is 15.9 Å². The van der Waals surface area contributed by atoms with E-state index in [4.69, 9.17) is 9.47 Å². The largest absolute Gasteiger partial charge is 0.496 e. The highest BCUT2D eigenvalue weighted by Gasteiger charge is 2.15. The number of halogens is 1. The molecule has 0 saturated heterocycles. The molecular formula is C16H24BrNO2. The van der Waals surface area contributed by atoms with Gasteiger partial charge in [0.05, 0.1) is 14.2 Å². The van der Waals surface area contributed by atoms with E-state index in [0.29, 0.717) is 0 Å². The maximum Gasteiger partial charge on any atom is 0.128 e. The van der Waals surface area contributed by atoms with Crippen LogP contribution in [0.5, 0.6) is 11.5 Å². The van der Waals surface area contributed by atoms with E-state index in [-0.39, 0.29) is 0 Å². The molecular weight excluding hydrogens is 318 g/mol. The summed E-state index contributed by atoms with van der Waals surface area (Å²) in [6, 6.07) is 3.97. The van der Waals surface area contributed by atoms with E-state index in [1.165, 1.54) is 32.1 Å². The molecule has 1 aliphatic rings. The van der Waals surface area contributed by atoms with Crippen molar-refractivity contribution in [3.05, 3.63) is 22.2 Å². The summed E-state index contributed by atoms with van der Waals surface area (Å²) in [5, 5.41) is 3.56. The SMILES string of the molecule is COc1cc(Br)cc(OC)c1CNCC1CCCCC1. The van der Waals surface area contributed by atoms with Crippen LogP contribution in [0.25, 0.3) is 0 Å². The molecule has 2 rings (SSSR count). The molecule has 1 aromatic rings. The minimum atomic E-state index is 0.788. The van der Waals surface area contributed by atoms with Crippen LogP contribution in [-0.2, 0) is 6.54 Å². The van der Waals surface area contributed by atoms with Crippen molar-refractivity contribution in [1.82, 2.24) is 5.32 Å². The average molecular weight is 342 g/mol. The lowest BCUT2D eigenvalue weighted by Crippen LogP contribution is -2.24. The van der Waals surface area contributed by atoms with Crippen molar-refractivity contribution in [2.24, 2.45) is 5.92 Å². The summed E-state index contributed by atoms with van der Waals surface area (Å²) in [6.07, 6.45) is 6.91. The lowest BCUT2D eigenvalue weighted by molar-refractivity contribution is 0.337. The molecule has 20 heavy (non-hydrogen) atoms. The molecule has 0 unspecified atom stereocenters. The minimum Gasteiger partial charge on any atom is -0.496 e. The Morgan fingerprint density at radius 3 is 2.25 bits per heavy atom. The van der Waals surface area contributed by atoms with Crippen molar-refractivity contribution in [2.75, 3.05) is 20.8 Å². The lowest BCUT2D eigenvalue weighted by atomic mass is 9.89. The standard InChI is InChI=1S/C16H24BrNO2/c1-19-15-8-13(17)9-16(20-2)14(15)11-18-10-12-6-4-3-5-7-12/h8-9,12,18H,3-7,10-11H2,1-2H3. The fourth-order valence-corrected chi connectivity index (χ4v) is 3.33. The van der Waals surface area contributed by atoms with E-state index in [1.807, 2.05) is 12.1 Å². The number of nitrogens with one attached hydrogen (secondary N) is 1. The fraction of sp³-hybridized carbons (Fsp3) is 0.625. The van der Waals surface area contributed by atoms with Crippen LogP contribution in [0.1, 0.15) is 37.7 Å². The Labute approximate surface area is 130 Å². The first-order valence-electron chi connectivity index (χ1n) is 7.35. The maximum atomic E-state index is 5.46. The van der Waals surface area contributed by atoms with Crippen LogP contribution in [0.2, 0.25) is 0 Å². The average Bonchev–Trinajstić information content (AvgIpc) is 2.49. The fourth-order valence-electron chi connectivity index (χ4n) is 2.92. The highest BCUT2D eigenvalue weighted by molar-refractivity contribution is 9.10. The summed E-state index contributed by atoms with van der Waals surface area (Å²) in [7, 11) is 3.40. The first-order valence-corrected chi connectivity index (χ1v) is 8.15. The molecule has 0 aromatic heterocycles. The number of ether oxygens (including phenoxy) is 2. The van der Waals surface area contributed by atoms with Crippen LogP contribution in [0.4, 0.5) is 0 Å². The summed E-state index contributed by atoms with van der Waals surface area (Å²) in [6.45, 7) is 1.87. The van der Waals surface area contributed by atoms with Gasteiger partial charge in [0.1, 0.15) is 11.5 Å². The van der Waals surface area contributed by atoms with Gasteiger partial charge in [0.15, 0.2) is 0 Å². The molecule has 0 atom stereocenters. The molecule has 0 amide bonds. The zero-order valence-corrected chi connectivity index (χ0v) is 14.0. The molecule has 3 nitrogen and oxygen atoms in total. The Morgan fingerprint density at radius 2 is 1.70 bits per heavy atom. The first-order chi connectivity index (χ1) is 9.74. The van der Waals surface area contributed by atoms with E-state index in [0.717, 1.165) is 40.5 Å². The van der Waals surface area contributed by atoms with Gasteiger partial charge in [-0.2, -0.15) is 0 Å². The normalized spacial score (nSPS) is 16.1. The molecule has 1 aromatic carbocycles. The van der Waals surface area contributed by atoms with Gasteiger partial charge in [-0.15, -0.1) is 0 Å². The highest BCUT2D eigenvalue weighted by Crippen LogP contribution is 2.33. The smallest absolute Gasteiger partial charge is 0.128 e. The molecule has 1 saturated carbocycles. The molecule has 1 N–H and O–H groups in total. The van der Waals surface area contributed by atoms with Gasteiger partial charge < -0.3 is 14.8 Å². The lowest BCUT2D eigenvalue weighted by Gasteiger charge is -2.22. The number of hydrogen-bond acceptors (Lipinski definition) is 3. The molecule has 0 radical (unpaired) electrons. The number of benzene rings is 1. The third-order valence-electron chi connectivity index (χ3n) is 4.03. The predicted molar refractivity (Wildman–Crippen MR) is 85.5 cm³/mol. The summed E-state index contributed by atoms with van der Waals surface area (Å²) in [4.78, 5) is 0. The van der Waals surface area contributed by atoms with Gasteiger partial charge in [0.2, 0.25) is 0 Å². The van der Waals surface area contributed by atoms with E-state index < -0.39 is 0 Å². The number of rotatable bonds is 6. The van der Waals surface area contributed by atoms with Crippen molar-refractivity contribution in [1.29, 1.82) is 0 Å². The van der Waals surface area contributed by atoms with E-state index in [2.05, 4.69) is 21.2 Å². The zero-order valence-electron chi connectivity index (χ0n) is 12.4. The molecule has 0 bridgehead atoms. The van der Waals surface area contributed by atoms with E-state index in [1.54, 1.807) is 14.2 Å². The summed E-state index contributed by atoms with van der Waals surface area (Å²) in [5.41, 5.74) is 1.09. The summed E-state index contributed by atoms with van der Waals surface area (Å²) < 4.78 is 11.9. The molecule has 0 heterocycles. The summed E-state index contributed by atoms with van der Waals surface area (Å²) in [5.74, 6) is 2.57. The van der Waals surface area contributed by atoms with Crippen LogP contribution in [0.3, 0.4) is 0 Å². The highest BCUT2D eigenvalue weighted by atomic mass is 79.9. The van der Waals surface area contributed by atoms with Crippen LogP contribution in [0, 0.1) is 5.92 Å². The van der Waals surface area contributed by atoms with Gasteiger partial charge in [-0.1, -0.05) is 35.2 Å². The van der Waals surface area contributed by atoms with Gasteiger partial charge in [-0.25, -0.2) is 0 Å². The monoisotopic (exact) mass is 341 g/mol. The van der Waals surface area contributed by atoms with Crippen LogP contribution < -0.4 is 14.8 Å². The quantitative estimate of drug-likeness (QED) is 0.843. The Kier molecular flexibility index (Phi) is 6.17. The third-order valence-corrected chi connectivity index (χ3v) is 4.49. The Bertz CT molecular complexity index is 405. The second kappa shape index (κ2) is 7.89. The van der Waals surface area contributed by atoms with Crippen LogP contribution in [-0.4, -0.2) is 20.8 Å². The van der Waals surface area contributed by atoms with Crippen molar-refractivity contribution >= 4 is 15.9 Å². The van der Waals surface area contributed by atoms with Crippen molar-refractivity contribution in [3.8, 4) is 11.5 Å². The van der Waals surface area contributed by atoms with Gasteiger partial charge in [0.25, 0.3) is 0 Å². The van der Waals surface area contributed by atoms with Crippen molar-refractivity contribution in [2.45, 2.75) is 38.6 Å². The van der Waals surface area contributed by atoms with E-state index in [9.17, 15) is 0 Å². The molecule has 1 fully saturated rings. The molecule has 1 aliphatic carbocycles. The third kappa shape index (κ3) is 4.13. The molecule has 0 aliphatic heterocycles. The van der Waals surface area contributed by atoms with Gasteiger partial charge >= 0.3 is 0 Å². The second-order valence-electron chi connectivity index (χ2n) is 5.42.